The van der Waals surface area contributed by atoms with Crippen molar-refractivity contribution in [3.8, 4) is 11.5 Å². The van der Waals surface area contributed by atoms with Crippen LogP contribution in [0.5, 0.6) is 11.5 Å². The quantitative estimate of drug-likeness (QED) is 0.401. The van der Waals surface area contributed by atoms with Crippen LogP contribution in [0, 0.1) is 5.92 Å². The first-order chi connectivity index (χ1) is 16.4. The van der Waals surface area contributed by atoms with E-state index in [0.717, 1.165) is 11.9 Å². The molecule has 0 fully saturated rings. The number of hydrogen-bond donors (Lipinski definition) is 1. The summed E-state index contributed by atoms with van der Waals surface area (Å²) >= 11 is 1.29. The Kier molecular flexibility index (Phi) is 5.91. The van der Waals surface area contributed by atoms with Crippen LogP contribution >= 0.6 is 11.8 Å². The summed E-state index contributed by atoms with van der Waals surface area (Å²) in [5.41, 5.74) is 1.27. The van der Waals surface area contributed by atoms with E-state index in [-0.39, 0.29) is 18.3 Å². The molecule has 1 aliphatic heterocycles. The van der Waals surface area contributed by atoms with Crippen molar-refractivity contribution in [2.45, 2.75) is 44.1 Å². The van der Waals surface area contributed by atoms with Gasteiger partial charge in [0.1, 0.15) is 0 Å². The molecule has 0 saturated carbocycles. The normalized spacial score (nSPS) is 13.6. The predicted molar refractivity (Wildman–Crippen MR) is 131 cm³/mol. The number of carbonyl (C=O) groups is 1. The molecule has 10 heteroatoms. The predicted octanol–water partition coefficient (Wildman–Crippen LogP) is 3.94. The number of fused-ring (bicyclic) bond motifs is 4. The van der Waals surface area contributed by atoms with Gasteiger partial charge >= 0.3 is 0 Å². The zero-order valence-corrected chi connectivity index (χ0v) is 20.0. The van der Waals surface area contributed by atoms with E-state index in [0.29, 0.717) is 46.0 Å². The molecule has 1 aliphatic rings. The van der Waals surface area contributed by atoms with Crippen LogP contribution < -0.4 is 20.3 Å². The number of para-hydroxylation sites is 1. The summed E-state index contributed by atoms with van der Waals surface area (Å²) in [7, 11) is 0. The second kappa shape index (κ2) is 9.02. The van der Waals surface area contributed by atoms with E-state index < -0.39 is 5.25 Å². The molecule has 1 unspecified atom stereocenters. The van der Waals surface area contributed by atoms with E-state index >= 15 is 0 Å². The molecule has 2 aromatic heterocycles. The van der Waals surface area contributed by atoms with Gasteiger partial charge in [-0.15, -0.1) is 10.2 Å². The fourth-order valence-corrected chi connectivity index (χ4v) is 4.68. The molecule has 3 heterocycles. The number of nitrogens with zero attached hydrogens (tertiary/aromatic N) is 4. The van der Waals surface area contributed by atoms with Gasteiger partial charge in [-0.2, -0.15) is 0 Å². The number of anilines is 1. The zero-order chi connectivity index (χ0) is 23.8. The maximum atomic E-state index is 13.2. The second-order valence-electron chi connectivity index (χ2n) is 8.59. The molecule has 0 aliphatic carbocycles. The number of aromatic nitrogens is 4. The van der Waals surface area contributed by atoms with E-state index in [1.807, 2.05) is 35.6 Å². The van der Waals surface area contributed by atoms with Crippen molar-refractivity contribution in [3.05, 3.63) is 52.8 Å². The number of rotatable bonds is 7. The molecule has 1 N–H and O–H groups in total. The summed E-state index contributed by atoms with van der Waals surface area (Å²) in [6.07, 6.45) is 0.845. The van der Waals surface area contributed by atoms with Gasteiger partial charge in [0.05, 0.1) is 16.2 Å². The summed E-state index contributed by atoms with van der Waals surface area (Å²) in [4.78, 5) is 26.1. The van der Waals surface area contributed by atoms with E-state index in [9.17, 15) is 9.59 Å². The lowest BCUT2D eigenvalue weighted by Gasteiger charge is -2.14. The number of ether oxygens (including phenoxy) is 2. The average molecular weight is 480 g/mol. The Hall–Kier alpha value is -3.53. The fraction of sp³-hybridized carbons (Fsp3) is 0.333. The summed E-state index contributed by atoms with van der Waals surface area (Å²) in [5.74, 6) is 2.00. The molecule has 1 amide bonds. The number of nitrogens with one attached hydrogen (secondary N) is 1. The lowest BCUT2D eigenvalue weighted by Crippen LogP contribution is -2.25. The molecular weight excluding hydrogens is 454 g/mol. The van der Waals surface area contributed by atoms with Gasteiger partial charge in [-0.3, -0.25) is 18.6 Å². The molecule has 34 heavy (non-hydrogen) atoms. The van der Waals surface area contributed by atoms with Crippen molar-refractivity contribution in [1.29, 1.82) is 0 Å². The van der Waals surface area contributed by atoms with Gasteiger partial charge in [0.15, 0.2) is 16.7 Å². The first-order valence-corrected chi connectivity index (χ1v) is 12.0. The van der Waals surface area contributed by atoms with E-state index in [1.165, 1.54) is 11.8 Å². The summed E-state index contributed by atoms with van der Waals surface area (Å²) < 4.78 is 14.2. The summed E-state index contributed by atoms with van der Waals surface area (Å²) in [6.45, 7) is 6.78. The number of aryl methyl sites for hydroxylation is 1. The van der Waals surface area contributed by atoms with Crippen LogP contribution in [0.2, 0.25) is 0 Å². The average Bonchev–Trinajstić information content (AvgIpc) is 3.45. The van der Waals surface area contributed by atoms with Crippen molar-refractivity contribution in [1.82, 2.24) is 19.2 Å². The van der Waals surface area contributed by atoms with Crippen molar-refractivity contribution in [3.63, 3.8) is 0 Å². The number of thioether (sulfide) groups is 1. The standard InChI is InChI=1S/C24H25N5O4S/c1-14(2)10-11-28-22(31)17-6-4-5-7-18(17)29-23(28)26-27-24(29)34-15(3)21(30)25-16-8-9-19-20(12-16)33-13-32-19/h4-9,12,14-15H,10-11,13H2,1-3H3,(H,25,30). The summed E-state index contributed by atoms with van der Waals surface area (Å²) in [5, 5.41) is 12.3. The maximum absolute atomic E-state index is 13.2. The van der Waals surface area contributed by atoms with Crippen LogP contribution in [-0.4, -0.2) is 37.1 Å². The minimum atomic E-state index is -0.465. The lowest BCUT2D eigenvalue weighted by molar-refractivity contribution is -0.115. The molecule has 176 valence electrons. The highest BCUT2D eigenvalue weighted by Crippen LogP contribution is 2.34. The van der Waals surface area contributed by atoms with Gasteiger partial charge in [0, 0.05) is 18.3 Å². The minimum Gasteiger partial charge on any atom is -0.454 e. The first-order valence-electron chi connectivity index (χ1n) is 11.2. The van der Waals surface area contributed by atoms with Crippen LogP contribution in [0.4, 0.5) is 5.69 Å². The Morgan fingerprint density at radius 2 is 1.91 bits per heavy atom. The molecule has 0 spiro atoms. The van der Waals surface area contributed by atoms with Gasteiger partial charge in [0.2, 0.25) is 18.5 Å². The highest BCUT2D eigenvalue weighted by atomic mass is 32.2. The molecule has 0 radical (unpaired) electrons. The van der Waals surface area contributed by atoms with Crippen molar-refractivity contribution < 1.29 is 14.3 Å². The van der Waals surface area contributed by atoms with Crippen LogP contribution in [-0.2, 0) is 11.3 Å². The highest BCUT2D eigenvalue weighted by Gasteiger charge is 2.22. The largest absolute Gasteiger partial charge is 0.454 e. The minimum absolute atomic E-state index is 0.0821. The topological polar surface area (TPSA) is 99.8 Å². The molecular formula is C24H25N5O4S. The van der Waals surface area contributed by atoms with Crippen molar-refractivity contribution >= 4 is 40.0 Å². The van der Waals surface area contributed by atoms with E-state index in [2.05, 4.69) is 29.4 Å². The van der Waals surface area contributed by atoms with Crippen molar-refractivity contribution in [2.24, 2.45) is 5.92 Å². The zero-order valence-electron chi connectivity index (χ0n) is 19.1. The van der Waals surface area contributed by atoms with Gasteiger partial charge < -0.3 is 14.8 Å². The molecule has 1 atom stereocenters. The Bertz CT molecular complexity index is 1440. The van der Waals surface area contributed by atoms with Crippen LogP contribution in [0.15, 0.2) is 52.4 Å². The second-order valence-corrected chi connectivity index (χ2v) is 9.90. The Morgan fingerprint density at radius 1 is 1.12 bits per heavy atom. The third-order valence-electron chi connectivity index (χ3n) is 5.70. The van der Waals surface area contributed by atoms with Crippen LogP contribution in [0.25, 0.3) is 16.7 Å². The van der Waals surface area contributed by atoms with Crippen LogP contribution in [0.3, 0.4) is 0 Å². The monoisotopic (exact) mass is 479 g/mol. The molecule has 2 aromatic carbocycles. The number of benzene rings is 2. The molecule has 0 bridgehead atoms. The number of carbonyl (C=O) groups excluding carboxylic acids is 1. The lowest BCUT2D eigenvalue weighted by atomic mass is 10.1. The SMILES string of the molecule is CC(C)CCn1c(=O)c2ccccc2n2c(SC(C)C(=O)Nc3ccc4c(c3)OCO4)nnc12. The number of hydrogen-bond acceptors (Lipinski definition) is 7. The van der Waals surface area contributed by atoms with Crippen LogP contribution in [0.1, 0.15) is 27.2 Å². The molecule has 4 aromatic rings. The van der Waals surface area contributed by atoms with Gasteiger partial charge in [0.25, 0.3) is 5.56 Å². The Balaban J connectivity index is 1.45. The first kappa shape index (κ1) is 22.3. The molecule has 9 nitrogen and oxygen atoms in total. The Morgan fingerprint density at radius 3 is 2.74 bits per heavy atom. The molecule has 0 saturated heterocycles. The van der Waals surface area contributed by atoms with E-state index in [4.69, 9.17) is 9.47 Å². The third-order valence-corrected chi connectivity index (χ3v) is 6.74. The fourth-order valence-electron chi connectivity index (χ4n) is 3.83. The third kappa shape index (κ3) is 4.09. The van der Waals surface area contributed by atoms with Crippen molar-refractivity contribution in [2.75, 3.05) is 12.1 Å². The van der Waals surface area contributed by atoms with Gasteiger partial charge in [-0.25, -0.2) is 0 Å². The summed E-state index contributed by atoms with van der Waals surface area (Å²) in [6, 6.07) is 12.7. The van der Waals surface area contributed by atoms with Gasteiger partial charge in [-0.05, 0) is 43.5 Å². The smallest absolute Gasteiger partial charge is 0.262 e. The maximum Gasteiger partial charge on any atom is 0.262 e. The van der Waals surface area contributed by atoms with Gasteiger partial charge in [-0.1, -0.05) is 37.7 Å². The molecule has 5 rings (SSSR count). The Labute approximate surface area is 200 Å². The van der Waals surface area contributed by atoms with E-state index in [1.54, 1.807) is 22.8 Å². The highest BCUT2D eigenvalue weighted by molar-refractivity contribution is 8.00. The number of amides is 1.